The van der Waals surface area contributed by atoms with E-state index in [1.807, 2.05) is 0 Å². The zero-order valence-corrected chi connectivity index (χ0v) is 15.0. The Morgan fingerprint density at radius 2 is 1.75 bits per heavy atom. The van der Waals surface area contributed by atoms with E-state index >= 15 is 0 Å². The van der Waals surface area contributed by atoms with Gasteiger partial charge >= 0.3 is 0 Å². The third-order valence-electron chi connectivity index (χ3n) is 4.33. The van der Waals surface area contributed by atoms with Crippen molar-refractivity contribution in [2.24, 2.45) is 5.92 Å². The van der Waals surface area contributed by atoms with Gasteiger partial charge in [-0.25, -0.2) is 26.3 Å². The Hall–Kier alpha value is -1.00. The highest BCUT2D eigenvalue weighted by atomic mass is 32.2. The van der Waals surface area contributed by atoms with E-state index in [4.69, 9.17) is 0 Å². The van der Waals surface area contributed by atoms with Crippen LogP contribution < -0.4 is 14.8 Å². The number of nitrogens with one attached hydrogen (secondary N) is 3. The predicted octanol–water partition coefficient (Wildman–Crippen LogP) is 0.405. The quantitative estimate of drug-likeness (QED) is 0.612. The second-order valence-corrected chi connectivity index (χ2v) is 9.90. The molecule has 1 aliphatic heterocycles. The molecule has 1 aromatic rings. The SMILES string of the molecule is O=S(=O)(NCCC1CCNC1)c1cccc(S(=O)(=O)NC2CC2)c1. The summed E-state index contributed by atoms with van der Waals surface area (Å²) in [6.45, 7) is 2.25. The van der Waals surface area contributed by atoms with E-state index in [0.29, 0.717) is 12.5 Å². The molecule has 2 fully saturated rings. The smallest absolute Gasteiger partial charge is 0.240 e. The van der Waals surface area contributed by atoms with Crippen LogP contribution in [0.3, 0.4) is 0 Å². The summed E-state index contributed by atoms with van der Waals surface area (Å²) in [7, 11) is -7.37. The average molecular weight is 374 g/mol. The molecule has 3 N–H and O–H groups in total. The molecular weight excluding hydrogens is 350 g/mol. The average Bonchev–Trinajstić information content (AvgIpc) is 3.18. The fraction of sp³-hybridized carbons (Fsp3) is 0.600. The van der Waals surface area contributed by atoms with Crippen molar-refractivity contribution < 1.29 is 16.8 Å². The van der Waals surface area contributed by atoms with E-state index in [9.17, 15) is 16.8 Å². The Morgan fingerprint density at radius 1 is 1.04 bits per heavy atom. The maximum Gasteiger partial charge on any atom is 0.240 e. The second-order valence-electron chi connectivity index (χ2n) is 6.42. The van der Waals surface area contributed by atoms with Crippen LogP contribution in [0.25, 0.3) is 0 Å². The summed E-state index contributed by atoms with van der Waals surface area (Å²) in [5, 5.41) is 3.25. The van der Waals surface area contributed by atoms with Crippen LogP contribution in [0.4, 0.5) is 0 Å². The molecule has 0 spiro atoms. The van der Waals surface area contributed by atoms with Gasteiger partial charge in [0.25, 0.3) is 0 Å². The standard InChI is InChI=1S/C15H23N3O4S2/c19-23(20,17-9-7-12-6-8-16-11-12)14-2-1-3-15(10-14)24(21,22)18-13-4-5-13/h1-3,10,12-13,16-18H,4-9,11H2. The first-order valence-corrected chi connectivity index (χ1v) is 11.2. The molecule has 7 nitrogen and oxygen atoms in total. The van der Waals surface area contributed by atoms with Gasteiger partial charge in [-0.05, 0) is 62.9 Å². The van der Waals surface area contributed by atoms with Crippen molar-refractivity contribution in [2.45, 2.75) is 41.5 Å². The van der Waals surface area contributed by atoms with Gasteiger partial charge in [0.15, 0.2) is 0 Å². The van der Waals surface area contributed by atoms with Crippen molar-refractivity contribution in [1.29, 1.82) is 0 Å². The second kappa shape index (κ2) is 7.09. The van der Waals surface area contributed by atoms with Gasteiger partial charge in [0, 0.05) is 12.6 Å². The van der Waals surface area contributed by atoms with Crippen LogP contribution in [0.2, 0.25) is 0 Å². The summed E-state index contributed by atoms with van der Waals surface area (Å²) in [4.78, 5) is -0.0389. The summed E-state index contributed by atoms with van der Waals surface area (Å²) in [6.07, 6.45) is 3.49. The van der Waals surface area contributed by atoms with Crippen molar-refractivity contribution in [3.63, 3.8) is 0 Å². The van der Waals surface area contributed by atoms with E-state index in [1.54, 1.807) is 0 Å². The van der Waals surface area contributed by atoms with Crippen molar-refractivity contribution >= 4 is 20.0 Å². The Morgan fingerprint density at radius 3 is 2.38 bits per heavy atom. The molecule has 1 unspecified atom stereocenters. The molecule has 1 saturated heterocycles. The molecule has 1 saturated carbocycles. The lowest BCUT2D eigenvalue weighted by Gasteiger charge is -2.11. The summed E-state index contributed by atoms with van der Waals surface area (Å²) in [5.74, 6) is 0.488. The van der Waals surface area contributed by atoms with E-state index in [1.165, 1.54) is 24.3 Å². The molecule has 2 aliphatic rings. The normalized spacial score (nSPS) is 21.9. The molecule has 134 valence electrons. The summed E-state index contributed by atoms with van der Waals surface area (Å²) in [6, 6.07) is 5.47. The minimum Gasteiger partial charge on any atom is -0.316 e. The van der Waals surface area contributed by atoms with Gasteiger partial charge < -0.3 is 5.32 Å². The minimum absolute atomic E-state index is 0.0164. The summed E-state index contributed by atoms with van der Waals surface area (Å²) >= 11 is 0. The van der Waals surface area contributed by atoms with Crippen LogP contribution in [0.15, 0.2) is 34.1 Å². The fourth-order valence-electron chi connectivity index (χ4n) is 2.74. The lowest BCUT2D eigenvalue weighted by atomic mass is 10.1. The Balaban J connectivity index is 1.67. The molecule has 1 aromatic carbocycles. The van der Waals surface area contributed by atoms with E-state index in [-0.39, 0.29) is 15.8 Å². The summed E-state index contributed by atoms with van der Waals surface area (Å²) < 4.78 is 54.3. The zero-order valence-electron chi connectivity index (χ0n) is 13.4. The zero-order chi connectivity index (χ0) is 17.2. The van der Waals surface area contributed by atoms with Crippen LogP contribution in [0.1, 0.15) is 25.7 Å². The van der Waals surface area contributed by atoms with Gasteiger partial charge in [-0.3, -0.25) is 0 Å². The highest BCUT2D eigenvalue weighted by Gasteiger charge is 2.28. The van der Waals surface area contributed by atoms with Gasteiger partial charge in [0.05, 0.1) is 9.79 Å². The minimum atomic E-state index is -3.71. The Labute approximate surface area is 143 Å². The number of rotatable bonds is 8. The number of hydrogen-bond acceptors (Lipinski definition) is 5. The molecule has 3 rings (SSSR count). The van der Waals surface area contributed by atoms with Crippen LogP contribution in [-0.4, -0.2) is 42.5 Å². The van der Waals surface area contributed by atoms with Gasteiger partial charge in [-0.2, -0.15) is 0 Å². The van der Waals surface area contributed by atoms with Gasteiger partial charge in [0.2, 0.25) is 20.0 Å². The van der Waals surface area contributed by atoms with Crippen LogP contribution in [0.5, 0.6) is 0 Å². The Kier molecular flexibility index (Phi) is 5.26. The summed E-state index contributed by atoms with van der Waals surface area (Å²) in [5.41, 5.74) is 0. The third-order valence-corrected chi connectivity index (χ3v) is 7.31. The van der Waals surface area contributed by atoms with Crippen LogP contribution in [-0.2, 0) is 20.0 Å². The highest BCUT2D eigenvalue weighted by Crippen LogP contribution is 2.23. The molecule has 1 aliphatic carbocycles. The molecule has 1 atom stereocenters. The molecule has 24 heavy (non-hydrogen) atoms. The Bertz CT molecular complexity index is 783. The van der Waals surface area contributed by atoms with Gasteiger partial charge in [0.1, 0.15) is 0 Å². The molecule has 9 heteroatoms. The number of sulfonamides is 2. The topological polar surface area (TPSA) is 104 Å². The first-order valence-electron chi connectivity index (χ1n) is 8.20. The molecular formula is C15H23N3O4S2. The monoisotopic (exact) mass is 373 g/mol. The first kappa shape index (κ1) is 17.8. The largest absolute Gasteiger partial charge is 0.316 e. The van der Waals surface area contributed by atoms with Crippen LogP contribution >= 0.6 is 0 Å². The molecule has 0 bridgehead atoms. The predicted molar refractivity (Wildman–Crippen MR) is 90.6 cm³/mol. The lowest BCUT2D eigenvalue weighted by molar-refractivity contribution is 0.519. The number of hydrogen-bond donors (Lipinski definition) is 3. The van der Waals surface area contributed by atoms with Crippen LogP contribution in [0, 0.1) is 5.92 Å². The van der Waals surface area contributed by atoms with Crippen molar-refractivity contribution in [1.82, 2.24) is 14.8 Å². The molecule has 1 heterocycles. The maximum atomic E-state index is 12.4. The van der Waals surface area contributed by atoms with E-state index < -0.39 is 20.0 Å². The van der Waals surface area contributed by atoms with Crippen molar-refractivity contribution in [2.75, 3.05) is 19.6 Å². The molecule has 0 amide bonds. The first-order chi connectivity index (χ1) is 11.4. The molecule has 0 radical (unpaired) electrons. The fourth-order valence-corrected chi connectivity index (χ4v) is 5.26. The van der Waals surface area contributed by atoms with Gasteiger partial charge in [-0.1, -0.05) is 6.07 Å². The van der Waals surface area contributed by atoms with E-state index in [2.05, 4.69) is 14.8 Å². The number of benzene rings is 1. The maximum absolute atomic E-state index is 12.4. The van der Waals surface area contributed by atoms with Crippen molar-refractivity contribution in [3.8, 4) is 0 Å². The van der Waals surface area contributed by atoms with Gasteiger partial charge in [-0.15, -0.1) is 0 Å². The highest BCUT2D eigenvalue weighted by molar-refractivity contribution is 7.90. The lowest BCUT2D eigenvalue weighted by Crippen LogP contribution is -2.28. The third kappa shape index (κ3) is 4.54. The molecule has 0 aromatic heterocycles. The van der Waals surface area contributed by atoms with E-state index in [0.717, 1.165) is 38.8 Å². The van der Waals surface area contributed by atoms with Crippen molar-refractivity contribution in [3.05, 3.63) is 24.3 Å².